The van der Waals surface area contributed by atoms with Gasteiger partial charge in [-0.05, 0) is 26.7 Å². The molecule has 1 aromatic rings. The molecule has 1 aromatic heterocycles. The summed E-state index contributed by atoms with van der Waals surface area (Å²) in [5, 5.41) is 17.7. The topological polar surface area (TPSA) is 59.3 Å². The Labute approximate surface area is 127 Å². The third kappa shape index (κ3) is 4.80. The van der Waals surface area contributed by atoms with E-state index >= 15 is 0 Å². The van der Waals surface area contributed by atoms with Gasteiger partial charge in [0.2, 0.25) is 0 Å². The minimum absolute atomic E-state index is 0.358. The van der Waals surface area contributed by atoms with E-state index < -0.39 is 6.10 Å². The van der Waals surface area contributed by atoms with Gasteiger partial charge >= 0.3 is 0 Å². The first-order valence-corrected chi connectivity index (χ1v) is 8.07. The second-order valence-electron chi connectivity index (χ2n) is 6.15. The molecule has 1 unspecified atom stereocenters. The molecule has 1 fully saturated rings. The summed E-state index contributed by atoms with van der Waals surface area (Å²) in [6, 6.07) is 0. The minimum Gasteiger partial charge on any atom is -0.389 e. The smallest absolute Gasteiger partial charge is 0.0897 e. The second-order valence-corrected chi connectivity index (χ2v) is 6.15. The van der Waals surface area contributed by atoms with Gasteiger partial charge in [0, 0.05) is 31.4 Å². The summed E-state index contributed by atoms with van der Waals surface area (Å²) in [4.78, 5) is 0. The van der Waals surface area contributed by atoms with E-state index in [0.29, 0.717) is 19.3 Å². The number of rotatable bonds is 7. The SMILES string of the molecule is Cc1nn(C)c(C)c1CNCC(O)COC1CCCCC1. The van der Waals surface area contributed by atoms with Gasteiger partial charge in [-0.1, -0.05) is 19.3 Å². The molecule has 0 spiro atoms. The van der Waals surface area contributed by atoms with Crippen LogP contribution in [0.5, 0.6) is 0 Å². The fraction of sp³-hybridized carbons (Fsp3) is 0.812. The largest absolute Gasteiger partial charge is 0.389 e. The highest BCUT2D eigenvalue weighted by Crippen LogP contribution is 2.20. The fourth-order valence-corrected chi connectivity index (χ4v) is 2.97. The van der Waals surface area contributed by atoms with Gasteiger partial charge in [0.25, 0.3) is 0 Å². The molecule has 0 saturated heterocycles. The van der Waals surface area contributed by atoms with Crippen molar-refractivity contribution in [1.82, 2.24) is 15.1 Å². The molecule has 1 heterocycles. The molecule has 120 valence electrons. The highest BCUT2D eigenvalue weighted by molar-refractivity contribution is 5.23. The van der Waals surface area contributed by atoms with Crippen molar-refractivity contribution in [2.24, 2.45) is 7.05 Å². The van der Waals surface area contributed by atoms with Crippen molar-refractivity contribution >= 4 is 0 Å². The third-order valence-electron chi connectivity index (χ3n) is 4.42. The van der Waals surface area contributed by atoms with Crippen molar-refractivity contribution in [2.45, 2.75) is 64.7 Å². The van der Waals surface area contributed by atoms with Crippen molar-refractivity contribution in [3.05, 3.63) is 17.0 Å². The molecule has 1 atom stereocenters. The molecule has 5 nitrogen and oxygen atoms in total. The fourth-order valence-electron chi connectivity index (χ4n) is 2.97. The van der Waals surface area contributed by atoms with Crippen molar-refractivity contribution in [2.75, 3.05) is 13.2 Å². The third-order valence-corrected chi connectivity index (χ3v) is 4.42. The molecule has 1 aliphatic rings. The van der Waals surface area contributed by atoms with Crippen LogP contribution in [0.2, 0.25) is 0 Å². The van der Waals surface area contributed by atoms with Gasteiger partial charge in [-0.2, -0.15) is 5.10 Å². The van der Waals surface area contributed by atoms with E-state index in [1.165, 1.54) is 30.5 Å². The minimum atomic E-state index is -0.441. The normalized spacial score (nSPS) is 18.1. The van der Waals surface area contributed by atoms with E-state index in [1.807, 2.05) is 18.7 Å². The maximum Gasteiger partial charge on any atom is 0.0897 e. The molecule has 2 rings (SSSR count). The molecule has 0 aliphatic heterocycles. The van der Waals surface area contributed by atoms with Gasteiger partial charge in [-0.25, -0.2) is 0 Å². The van der Waals surface area contributed by atoms with Crippen LogP contribution in [-0.2, 0) is 18.3 Å². The van der Waals surface area contributed by atoms with Crippen molar-refractivity contribution < 1.29 is 9.84 Å². The highest BCUT2D eigenvalue weighted by atomic mass is 16.5. The van der Waals surface area contributed by atoms with E-state index in [2.05, 4.69) is 17.3 Å². The first kappa shape index (κ1) is 16.5. The van der Waals surface area contributed by atoms with E-state index in [0.717, 1.165) is 25.1 Å². The molecule has 2 N–H and O–H groups in total. The van der Waals surface area contributed by atoms with E-state index in [9.17, 15) is 5.11 Å². The quantitative estimate of drug-likeness (QED) is 0.806. The van der Waals surface area contributed by atoms with Crippen LogP contribution in [0.15, 0.2) is 0 Å². The Kier molecular flexibility index (Phi) is 6.21. The molecular formula is C16H29N3O2. The lowest BCUT2D eigenvalue weighted by molar-refractivity contribution is -0.0230. The Morgan fingerprint density at radius 2 is 2.05 bits per heavy atom. The molecule has 5 heteroatoms. The van der Waals surface area contributed by atoms with Gasteiger partial charge in [0.1, 0.15) is 0 Å². The lowest BCUT2D eigenvalue weighted by Gasteiger charge is -2.23. The Hall–Kier alpha value is -0.910. The lowest BCUT2D eigenvalue weighted by Crippen LogP contribution is -2.32. The van der Waals surface area contributed by atoms with Gasteiger partial charge < -0.3 is 15.2 Å². The zero-order chi connectivity index (χ0) is 15.2. The van der Waals surface area contributed by atoms with Crippen molar-refractivity contribution in [3.63, 3.8) is 0 Å². The first-order valence-electron chi connectivity index (χ1n) is 8.07. The van der Waals surface area contributed by atoms with Crippen LogP contribution in [0, 0.1) is 13.8 Å². The Bertz CT molecular complexity index is 439. The highest BCUT2D eigenvalue weighted by Gasteiger charge is 2.15. The number of nitrogens with one attached hydrogen (secondary N) is 1. The summed E-state index contributed by atoms with van der Waals surface area (Å²) in [6.07, 6.45) is 6.06. The van der Waals surface area contributed by atoms with Gasteiger partial charge in [-0.3, -0.25) is 4.68 Å². The van der Waals surface area contributed by atoms with Crippen LogP contribution in [0.4, 0.5) is 0 Å². The predicted octanol–water partition coefficient (Wildman–Crippen LogP) is 1.84. The second kappa shape index (κ2) is 7.92. The molecule has 0 aromatic carbocycles. The van der Waals surface area contributed by atoms with Crippen LogP contribution >= 0.6 is 0 Å². The molecule has 1 saturated carbocycles. The first-order chi connectivity index (χ1) is 10.1. The maximum absolute atomic E-state index is 9.99. The average Bonchev–Trinajstić information content (AvgIpc) is 2.72. The summed E-state index contributed by atoms with van der Waals surface area (Å²) < 4.78 is 7.69. The summed E-state index contributed by atoms with van der Waals surface area (Å²) in [5.41, 5.74) is 3.45. The molecule has 1 aliphatic carbocycles. The maximum atomic E-state index is 9.99. The van der Waals surface area contributed by atoms with Crippen LogP contribution in [0.25, 0.3) is 0 Å². The molecule has 0 amide bonds. The molecular weight excluding hydrogens is 266 g/mol. The van der Waals surface area contributed by atoms with Gasteiger partial charge in [0.15, 0.2) is 0 Å². The number of aliphatic hydroxyl groups is 1. The van der Waals surface area contributed by atoms with E-state index in [4.69, 9.17) is 4.74 Å². The lowest BCUT2D eigenvalue weighted by atomic mass is 9.98. The van der Waals surface area contributed by atoms with Crippen LogP contribution in [-0.4, -0.2) is 40.2 Å². The number of aromatic nitrogens is 2. The van der Waals surface area contributed by atoms with Gasteiger partial charge in [-0.15, -0.1) is 0 Å². The Morgan fingerprint density at radius 3 is 2.67 bits per heavy atom. The number of hydrogen-bond acceptors (Lipinski definition) is 4. The summed E-state index contributed by atoms with van der Waals surface area (Å²) >= 11 is 0. The number of aryl methyl sites for hydroxylation is 2. The van der Waals surface area contributed by atoms with Crippen LogP contribution in [0.1, 0.15) is 49.1 Å². The molecule has 0 radical (unpaired) electrons. The number of nitrogens with zero attached hydrogens (tertiary/aromatic N) is 2. The zero-order valence-corrected chi connectivity index (χ0v) is 13.6. The summed E-state index contributed by atoms with van der Waals surface area (Å²) in [7, 11) is 1.96. The zero-order valence-electron chi connectivity index (χ0n) is 13.6. The number of aliphatic hydroxyl groups excluding tert-OH is 1. The Morgan fingerprint density at radius 1 is 1.33 bits per heavy atom. The predicted molar refractivity (Wildman–Crippen MR) is 83.2 cm³/mol. The van der Waals surface area contributed by atoms with Crippen LogP contribution in [0.3, 0.4) is 0 Å². The number of hydrogen-bond donors (Lipinski definition) is 2. The van der Waals surface area contributed by atoms with E-state index in [-0.39, 0.29) is 0 Å². The summed E-state index contributed by atoms with van der Waals surface area (Å²) in [6.45, 7) is 5.82. The average molecular weight is 295 g/mol. The van der Waals surface area contributed by atoms with Crippen molar-refractivity contribution in [3.8, 4) is 0 Å². The molecule has 21 heavy (non-hydrogen) atoms. The Balaban J connectivity index is 1.65. The molecule has 0 bridgehead atoms. The number of ether oxygens (including phenoxy) is 1. The monoisotopic (exact) mass is 295 g/mol. The standard InChI is InChI=1S/C16H29N3O2/c1-12-16(13(2)19(3)18-12)10-17-9-14(20)11-21-15-7-5-4-6-8-15/h14-15,17,20H,4-11H2,1-3H3. The van der Waals surface area contributed by atoms with Crippen molar-refractivity contribution in [1.29, 1.82) is 0 Å². The van der Waals surface area contributed by atoms with Crippen LogP contribution < -0.4 is 5.32 Å². The van der Waals surface area contributed by atoms with Gasteiger partial charge in [0.05, 0.1) is 24.5 Å². The summed E-state index contributed by atoms with van der Waals surface area (Å²) in [5.74, 6) is 0. The van der Waals surface area contributed by atoms with E-state index in [1.54, 1.807) is 0 Å².